The van der Waals surface area contributed by atoms with Gasteiger partial charge in [-0.1, -0.05) is 29.5 Å². The highest BCUT2D eigenvalue weighted by Gasteiger charge is 2.27. The van der Waals surface area contributed by atoms with Gasteiger partial charge < -0.3 is 20.0 Å². The van der Waals surface area contributed by atoms with Gasteiger partial charge in [0.25, 0.3) is 0 Å². The van der Waals surface area contributed by atoms with Crippen LogP contribution in [0.3, 0.4) is 0 Å². The second kappa shape index (κ2) is 13.5. The minimum atomic E-state index is -0.0467. The fourth-order valence-corrected chi connectivity index (χ4v) is 6.48. The van der Waals surface area contributed by atoms with Crippen molar-refractivity contribution in [1.29, 1.82) is 0 Å². The molecule has 1 atom stereocenters. The molecule has 2 aromatic carbocycles. The van der Waals surface area contributed by atoms with Crippen LogP contribution in [0.4, 0.5) is 5.95 Å². The predicted octanol–water partition coefficient (Wildman–Crippen LogP) is 3.62. The quantitative estimate of drug-likeness (QED) is 0.271. The maximum Gasteiger partial charge on any atom is 0.225 e. The van der Waals surface area contributed by atoms with Crippen LogP contribution in [0, 0.1) is 6.92 Å². The molecule has 10 nitrogen and oxygen atoms in total. The van der Waals surface area contributed by atoms with Crippen LogP contribution >= 0.6 is 0 Å². The molecular weight excluding hydrogens is 540 g/mol. The highest BCUT2D eigenvalue weighted by Crippen LogP contribution is 2.38. The Morgan fingerprint density at radius 2 is 1.58 bits per heavy atom. The maximum absolute atomic E-state index is 10.3. The number of piperazine rings is 1. The molecule has 2 aromatic heterocycles. The Hall–Kier alpha value is -4.02. The third-order valence-corrected chi connectivity index (χ3v) is 8.88. The second-order valence-corrected chi connectivity index (χ2v) is 11.8. The molecule has 0 bridgehead atoms. The summed E-state index contributed by atoms with van der Waals surface area (Å²) in [5.74, 6) is 0.875. The van der Waals surface area contributed by atoms with Crippen LogP contribution in [0.15, 0.2) is 61.1 Å². The van der Waals surface area contributed by atoms with Gasteiger partial charge in [0, 0.05) is 76.9 Å². The van der Waals surface area contributed by atoms with Crippen molar-refractivity contribution in [2.45, 2.75) is 45.1 Å². The van der Waals surface area contributed by atoms with E-state index in [1.807, 2.05) is 10.7 Å². The molecule has 1 fully saturated rings. The van der Waals surface area contributed by atoms with E-state index in [1.165, 1.54) is 11.1 Å². The molecule has 6 rings (SSSR count). The molecular formula is C33H42N8O2. The zero-order chi connectivity index (χ0) is 29.6. The lowest BCUT2D eigenvalue weighted by atomic mass is 9.85. The first-order valence-electron chi connectivity index (χ1n) is 15.5. The van der Waals surface area contributed by atoms with E-state index in [1.54, 1.807) is 24.5 Å². The fourth-order valence-electron chi connectivity index (χ4n) is 6.48. The number of benzene rings is 2. The van der Waals surface area contributed by atoms with Gasteiger partial charge in [0.15, 0.2) is 11.5 Å². The van der Waals surface area contributed by atoms with Crippen LogP contribution in [0.25, 0.3) is 0 Å². The Kier molecular flexibility index (Phi) is 9.14. The standard InChI is InChI=1S/C33H42N8O2/c1-25-7-2-3-9-28(25)30-24-39(16-10-26-21-31(42)32(43)22-29(26)30)13-4-8-27-23-41(37-36-27)15-6-14-38-17-19-40(20-18-38)33-34-11-5-12-35-33/h2-3,5,7,9,11-12,21-23,30,42-43H,4,6,8,10,13-20,24H2,1H3. The van der Waals surface area contributed by atoms with Crippen molar-refractivity contribution in [3.8, 4) is 11.5 Å². The van der Waals surface area contributed by atoms with Crippen LogP contribution in [-0.4, -0.2) is 97.3 Å². The predicted molar refractivity (Wildman–Crippen MR) is 167 cm³/mol. The molecule has 10 heteroatoms. The van der Waals surface area contributed by atoms with Gasteiger partial charge in [0.1, 0.15) is 0 Å². The SMILES string of the molecule is Cc1ccccc1C1CN(CCCc2cn(CCCN3CCN(c4ncccn4)CC3)nn2)CCc2cc(O)c(O)cc21. The minimum absolute atomic E-state index is 0.0421. The first-order chi connectivity index (χ1) is 21.0. The monoisotopic (exact) mass is 582 g/mol. The van der Waals surface area contributed by atoms with Gasteiger partial charge >= 0.3 is 0 Å². The number of aromatic hydroxyl groups is 2. The van der Waals surface area contributed by atoms with Gasteiger partial charge in [-0.2, -0.15) is 0 Å². The number of anilines is 1. The number of hydrogen-bond donors (Lipinski definition) is 2. The van der Waals surface area contributed by atoms with Gasteiger partial charge in [-0.05, 0) is 79.6 Å². The molecule has 2 aliphatic heterocycles. The van der Waals surface area contributed by atoms with Crippen molar-refractivity contribution in [1.82, 2.24) is 34.8 Å². The topological polar surface area (TPSA) is 107 Å². The van der Waals surface area contributed by atoms with Crippen molar-refractivity contribution in [2.24, 2.45) is 0 Å². The summed E-state index contributed by atoms with van der Waals surface area (Å²) in [6, 6.07) is 13.9. The minimum Gasteiger partial charge on any atom is -0.504 e. The zero-order valence-electron chi connectivity index (χ0n) is 25.0. The van der Waals surface area contributed by atoms with Crippen molar-refractivity contribution in [3.63, 3.8) is 0 Å². The van der Waals surface area contributed by atoms with Crippen LogP contribution in [0.2, 0.25) is 0 Å². The van der Waals surface area contributed by atoms with Gasteiger partial charge in [0.05, 0.1) is 5.69 Å². The van der Waals surface area contributed by atoms with E-state index in [-0.39, 0.29) is 17.4 Å². The lowest BCUT2D eigenvalue weighted by Crippen LogP contribution is -2.47. The number of aromatic nitrogens is 5. The summed E-state index contributed by atoms with van der Waals surface area (Å²) in [6.45, 7) is 10.8. The summed E-state index contributed by atoms with van der Waals surface area (Å²) < 4.78 is 1.99. The van der Waals surface area contributed by atoms with Gasteiger partial charge in [-0.25, -0.2) is 9.97 Å². The van der Waals surface area contributed by atoms with E-state index >= 15 is 0 Å². The summed E-state index contributed by atoms with van der Waals surface area (Å²) in [4.78, 5) is 16.0. The first kappa shape index (κ1) is 29.1. The zero-order valence-corrected chi connectivity index (χ0v) is 25.0. The van der Waals surface area contributed by atoms with Gasteiger partial charge in [0.2, 0.25) is 5.95 Å². The molecule has 0 saturated carbocycles. The molecule has 4 heterocycles. The average Bonchev–Trinajstić information content (AvgIpc) is 3.41. The number of rotatable bonds is 10. The number of aryl methyl sites for hydroxylation is 3. The van der Waals surface area contributed by atoms with Crippen molar-refractivity contribution >= 4 is 5.95 Å². The summed E-state index contributed by atoms with van der Waals surface area (Å²) in [5, 5.41) is 29.4. The maximum atomic E-state index is 10.3. The van der Waals surface area contributed by atoms with E-state index in [4.69, 9.17) is 0 Å². The smallest absolute Gasteiger partial charge is 0.225 e. The highest BCUT2D eigenvalue weighted by molar-refractivity contribution is 5.51. The summed E-state index contributed by atoms with van der Waals surface area (Å²) in [5.41, 5.74) is 5.78. The molecule has 2 aliphatic rings. The summed E-state index contributed by atoms with van der Waals surface area (Å²) >= 11 is 0. The Balaban J connectivity index is 0.976. The van der Waals surface area contributed by atoms with Gasteiger partial charge in [-0.3, -0.25) is 9.58 Å². The van der Waals surface area contributed by atoms with E-state index in [0.717, 1.165) is 107 Å². The highest BCUT2D eigenvalue weighted by atomic mass is 16.3. The number of phenols is 2. The van der Waals surface area contributed by atoms with Crippen LogP contribution in [-0.2, 0) is 19.4 Å². The van der Waals surface area contributed by atoms with Crippen LogP contribution < -0.4 is 4.90 Å². The summed E-state index contributed by atoms with van der Waals surface area (Å²) in [6.07, 6.45) is 9.49. The van der Waals surface area contributed by atoms with Crippen molar-refractivity contribution in [3.05, 3.63) is 89.0 Å². The number of nitrogens with zero attached hydrogens (tertiary/aromatic N) is 8. The fraction of sp³-hybridized carbons (Fsp3) is 0.455. The lowest BCUT2D eigenvalue weighted by molar-refractivity contribution is 0.247. The Bertz CT molecular complexity index is 1490. The molecule has 43 heavy (non-hydrogen) atoms. The average molecular weight is 583 g/mol. The molecule has 2 N–H and O–H groups in total. The molecule has 4 aromatic rings. The molecule has 0 spiro atoms. The number of fused-ring (bicyclic) bond motifs is 1. The third kappa shape index (κ3) is 7.14. The van der Waals surface area contributed by atoms with Crippen LogP contribution in [0.5, 0.6) is 11.5 Å². The second-order valence-electron chi connectivity index (χ2n) is 11.8. The molecule has 0 aliphatic carbocycles. The van der Waals surface area contributed by atoms with Crippen molar-refractivity contribution < 1.29 is 10.2 Å². The molecule has 0 radical (unpaired) electrons. The van der Waals surface area contributed by atoms with E-state index in [9.17, 15) is 10.2 Å². The molecule has 1 unspecified atom stereocenters. The molecule has 1 saturated heterocycles. The van der Waals surface area contributed by atoms with E-state index in [0.29, 0.717) is 0 Å². The largest absolute Gasteiger partial charge is 0.504 e. The lowest BCUT2D eigenvalue weighted by Gasteiger charge is -2.34. The molecule has 0 amide bonds. The Morgan fingerprint density at radius 3 is 2.40 bits per heavy atom. The van der Waals surface area contributed by atoms with Crippen molar-refractivity contribution in [2.75, 3.05) is 57.3 Å². The Morgan fingerprint density at radius 1 is 0.814 bits per heavy atom. The summed E-state index contributed by atoms with van der Waals surface area (Å²) in [7, 11) is 0. The first-order valence-corrected chi connectivity index (χ1v) is 15.5. The van der Waals surface area contributed by atoms with E-state index in [2.05, 4.69) is 72.4 Å². The van der Waals surface area contributed by atoms with Crippen LogP contribution in [0.1, 0.15) is 46.7 Å². The van der Waals surface area contributed by atoms with E-state index < -0.39 is 0 Å². The Labute approximate surface area is 253 Å². The number of hydrogen-bond acceptors (Lipinski definition) is 9. The molecule has 226 valence electrons. The normalized spacial score (nSPS) is 18.0. The number of phenolic OH excluding ortho intramolecular Hbond substituents is 2. The van der Waals surface area contributed by atoms with Gasteiger partial charge in [-0.15, -0.1) is 5.10 Å². The third-order valence-electron chi connectivity index (χ3n) is 8.88.